The van der Waals surface area contributed by atoms with Crippen molar-refractivity contribution in [3.63, 3.8) is 0 Å². The highest BCUT2D eigenvalue weighted by Gasteiger charge is 2.26. The second kappa shape index (κ2) is 14.8. The zero-order valence-corrected chi connectivity index (χ0v) is 19.5. The van der Waals surface area contributed by atoms with E-state index in [9.17, 15) is 29.1 Å². The molecule has 3 atom stereocenters. The van der Waals surface area contributed by atoms with Crippen molar-refractivity contribution >= 4 is 35.6 Å². The van der Waals surface area contributed by atoms with Gasteiger partial charge in [-0.3, -0.25) is 29.4 Å². The number of aromatic hydroxyl groups is 1. The fourth-order valence-electron chi connectivity index (χ4n) is 2.98. The Kier molecular flexibility index (Phi) is 12.2. The van der Waals surface area contributed by atoms with Crippen LogP contribution in [0.2, 0.25) is 0 Å². The van der Waals surface area contributed by atoms with E-state index in [0.29, 0.717) is 5.56 Å². The number of rotatable bonds is 15. The van der Waals surface area contributed by atoms with Crippen LogP contribution in [0.5, 0.6) is 5.75 Å². The molecule has 0 bridgehead atoms. The number of guanidine groups is 1. The van der Waals surface area contributed by atoms with Gasteiger partial charge in [0.15, 0.2) is 5.96 Å². The summed E-state index contributed by atoms with van der Waals surface area (Å²) in [5, 5.41) is 34.9. The second-order valence-corrected chi connectivity index (χ2v) is 7.86. The lowest BCUT2D eigenvalue weighted by Gasteiger charge is -2.21. The van der Waals surface area contributed by atoms with Gasteiger partial charge in [-0.2, -0.15) is 0 Å². The molecule has 0 saturated carbocycles. The minimum absolute atomic E-state index is 0.0313. The maximum Gasteiger partial charge on any atom is 0.305 e. The first-order chi connectivity index (χ1) is 16.9. The third kappa shape index (κ3) is 11.6. The van der Waals surface area contributed by atoms with E-state index in [1.165, 1.54) is 12.1 Å². The zero-order valence-electron chi connectivity index (χ0n) is 19.5. The fourth-order valence-corrected chi connectivity index (χ4v) is 2.98. The minimum atomic E-state index is -1.40. The number of hydrogen-bond acceptors (Lipinski definition) is 8. The Morgan fingerprint density at radius 3 is 2.14 bits per heavy atom. The average Bonchev–Trinajstić information content (AvgIpc) is 2.79. The topological polar surface area (TPSA) is 276 Å². The molecule has 15 heteroatoms. The molecule has 0 aliphatic heterocycles. The summed E-state index contributed by atoms with van der Waals surface area (Å²) in [6.45, 7) is -0.328. The molecule has 0 saturated heterocycles. The average molecular weight is 509 g/mol. The molecule has 1 aromatic rings. The lowest BCUT2D eigenvalue weighted by atomic mass is 10.1. The van der Waals surface area contributed by atoms with Gasteiger partial charge in [-0.25, -0.2) is 0 Å². The first kappa shape index (κ1) is 29.6. The van der Waals surface area contributed by atoms with Gasteiger partial charge in [0, 0.05) is 13.0 Å². The number of primary amides is 1. The Bertz CT molecular complexity index is 954. The van der Waals surface area contributed by atoms with Gasteiger partial charge >= 0.3 is 5.97 Å². The van der Waals surface area contributed by atoms with E-state index < -0.39 is 60.7 Å². The quantitative estimate of drug-likeness (QED) is 0.0635. The number of phenolic OH excluding ortho intramolecular Hbond substituents is 1. The van der Waals surface area contributed by atoms with Crippen molar-refractivity contribution in [3.05, 3.63) is 29.8 Å². The van der Waals surface area contributed by atoms with Gasteiger partial charge in [0.05, 0.1) is 19.0 Å². The highest BCUT2D eigenvalue weighted by molar-refractivity contribution is 5.93. The molecular formula is C21H32N8O7. The van der Waals surface area contributed by atoms with E-state index in [4.69, 9.17) is 27.7 Å². The van der Waals surface area contributed by atoms with Crippen molar-refractivity contribution in [1.82, 2.24) is 21.3 Å². The Morgan fingerprint density at radius 2 is 1.58 bits per heavy atom. The molecule has 36 heavy (non-hydrogen) atoms. The number of carbonyl (C=O) groups is 5. The second-order valence-electron chi connectivity index (χ2n) is 7.86. The van der Waals surface area contributed by atoms with Crippen molar-refractivity contribution in [2.45, 2.75) is 43.8 Å². The molecule has 0 aromatic heterocycles. The number of amides is 4. The van der Waals surface area contributed by atoms with Gasteiger partial charge in [-0.15, -0.1) is 0 Å². The largest absolute Gasteiger partial charge is 0.508 e. The molecular weight excluding hydrogens is 476 g/mol. The number of phenols is 1. The highest BCUT2D eigenvalue weighted by Crippen LogP contribution is 2.11. The first-order valence-electron chi connectivity index (χ1n) is 10.9. The standard InChI is InChI=1S/C21H32N8O7/c22-13(9-17(32)33)19(35)29-14(2-1-7-26-21(24)25)20(36)27-10-16(31)28-15(18(23)34)8-11-3-5-12(30)6-4-11/h3-6,13-15,30H,1-2,7-10,22H2,(H2,23,34)(H,27,36)(H,28,31)(H,29,35)(H,32,33)(H4,24,25,26)/t13-,14-,15-/m0/s1. The van der Waals surface area contributed by atoms with Crippen LogP contribution < -0.4 is 38.5 Å². The van der Waals surface area contributed by atoms with E-state index >= 15 is 0 Å². The summed E-state index contributed by atoms with van der Waals surface area (Å²) in [4.78, 5) is 59.7. The summed E-state index contributed by atoms with van der Waals surface area (Å²) in [5.41, 5.74) is 16.7. The maximum atomic E-state index is 12.6. The molecule has 0 fully saturated rings. The van der Waals surface area contributed by atoms with E-state index in [1.54, 1.807) is 12.1 Å². The molecule has 0 spiro atoms. The normalized spacial score (nSPS) is 12.9. The van der Waals surface area contributed by atoms with Gasteiger partial charge < -0.3 is 48.7 Å². The molecule has 0 unspecified atom stereocenters. The Balaban J connectivity index is 2.72. The van der Waals surface area contributed by atoms with E-state index in [1.807, 2.05) is 0 Å². The lowest BCUT2D eigenvalue weighted by molar-refractivity contribution is -0.139. The molecule has 13 N–H and O–H groups in total. The van der Waals surface area contributed by atoms with Crippen LogP contribution in [0.25, 0.3) is 0 Å². The summed E-state index contributed by atoms with van der Waals surface area (Å²) < 4.78 is 0. The van der Waals surface area contributed by atoms with Crippen LogP contribution in [0.15, 0.2) is 24.3 Å². The third-order valence-electron chi connectivity index (χ3n) is 4.83. The van der Waals surface area contributed by atoms with Gasteiger partial charge in [-0.1, -0.05) is 12.1 Å². The van der Waals surface area contributed by atoms with Crippen LogP contribution in [0.3, 0.4) is 0 Å². The molecule has 198 valence electrons. The molecule has 1 aromatic carbocycles. The Labute approximate surface area is 206 Å². The molecule has 0 radical (unpaired) electrons. The molecule has 0 aliphatic rings. The van der Waals surface area contributed by atoms with Crippen molar-refractivity contribution in [2.75, 3.05) is 13.1 Å². The maximum absolute atomic E-state index is 12.6. The molecule has 0 heterocycles. The van der Waals surface area contributed by atoms with Crippen molar-refractivity contribution < 1.29 is 34.2 Å². The molecule has 1 rings (SSSR count). The number of nitrogens with one attached hydrogen (secondary N) is 5. The highest BCUT2D eigenvalue weighted by atomic mass is 16.4. The minimum Gasteiger partial charge on any atom is -0.508 e. The predicted molar refractivity (Wildman–Crippen MR) is 127 cm³/mol. The number of aliphatic carboxylic acids is 1. The van der Waals surface area contributed by atoms with Crippen LogP contribution in [-0.2, 0) is 30.4 Å². The number of nitrogens with two attached hydrogens (primary N) is 3. The number of hydrogen-bond donors (Lipinski definition) is 10. The van der Waals surface area contributed by atoms with Crippen LogP contribution in [0.1, 0.15) is 24.8 Å². The number of carboxylic acid groups (broad SMARTS) is 1. The third-order valence-corrected chi connectivity index (χ3v) is 4.83. The van der Waals surface area contributed by atoms with Crippen LogP contribution in [0, 0.1) is 5.41 Å². The van der Waals surface area contributed by atoms with Crippen molar-refractivity contribution in [3.8, 4) is 5.75 Å². The van der Waals surface area contributed by atoms with Gasteiger partial charge in [0.2, 0.25) is 23.6 Å². The summed E-state index contributed by atoms with van der Waals surface area (Å²) in [6.07, 6.45) is -0.249. The number of carboxylic acids is 1. The Morgan fingerprint density at radius 1 is 0.944 bits per heavy atom. The predicted octanol–water partition coefficient (Wildman–Crippen LogP) is -3.43. The summed E-state index contributed by atoms with van der Waals surface area (Å²) >= 11 is 0. The van der Waals surface area contributed by atoms with E-state index in [0.717, 1.165) is 0 Å². The zero-order chi connectivity index (χ0) is 27.3. The van der Waals surface area contributed by atoms with Crippen LogP contribution in [-0.4, -0.2) is 77.0 Å². The van der Waals surface area contributed by atoms with Gasteiger partial charge in [-0.05, 0) is 30.5 Å². The van der Waals surface area contributed by atoms with Crippen LogP contribution in [0.4, 0.5) is 0 Å². The summed E-state index contributed by atoms with van der Waals surface area (Å²) in [5.74, 6) is -4.70. The fraction of sp³-hybridized carbons (Fsp3) is 0.429. The number of benzene rings is 1. The van der Waals surface area contributed by atoms with Gasteiger partial charge in [0.1, 0.15) is 17.8 Å². The molecule has 4 amide bonds. The monoisotopic (exact) mass is 508 g/mol. The smallest absolute Gasteiger partial charge is 0.305 e. The van der Waals surface area contributed by atoms with Gasteiger partial charge in [0.25, 0.3) is 0 Å². The van der Waals surface area contributed by atoms with E-state index in [2.05, 4.69) is 21.3 Å². The molecule has 15 nitrogen and oxygen atoms in total. The number of carbonyl (C=O) groups excluding carboxylic acids is 4. The molecule has 0 aliphatic carbocycles. The van der Waals surface area contributed by atoms with E-state index in [-0.39, 0.29) is 37.5 Å². The lowest BCUT2D eigenvalue weighted by Crippen LogP contribution is -2.54. The summed E-state index contributed by atoms with van der Waals surface area (Å²) in [6, 6.07) is 2.30. The Hall–Kier alpha value is -4.40. The first-order valence-corrected chi connectivity index (χ1v) is 10.9. The van der Waals surface area contributed by atoms with Crippen LogP contribution >= 0.6 is 0 Å². The van der Waals surface area contributed by atoms with Crippen molar-refractivity contribution in [2.24, 2.45) is 17.2 Å². The summed E-state index contributed by atoms with van der Waals surface area (Å²) in [7, 11) is 0. The van der Waals surface area contributed by atoms with Crippen molar-refractivity contribution in [1.29, 1.82) is 5.41 Å². The SMILES string of the molecule is N=C(N)NCCC[C@H](NC(=O)[C@@H](N)CC(=O)O)C(=O)NCC(=O)N[C@@H](Cc1ccc(O)cc1)C(N)=O.